The lowest BCUT2D eigenvalue weighted by atomic mass is 10.1. The lowest BCUT2D eigenvalue weighted by molar-refractivity contribution is 0.480. The summed E-state index contributed by atoms with van der Waals surface area (Å²) in [6.45, 7) is 5.74. The molecule has 1 heterocycles. The van der Waals surface area contributed by atoms with E-state index in [1.54, 1.807) is 6.92 Å². The maximum absolute atomic E-state index is 11.5. The van der Waals surface area contributed by atoms with Crippen LogP contribution in [-0.4, -0.2) is 31.0 Å². The van der Waals surface area contributed by atoms with E-state index in [0.717, 1.165) is 25.4 Å². The van der Waals surface area contributed by atoms with E-state index in [2.05, 4.69) is 35.3 Å². The van der Waals surface area contributed by atoms with Gasteiger partial charge in [0.2, 0.25) is 0 Å². The highest BCUT2D eigenvalue weighted by Crippen LogP contribution is 2.41. The molecule has 1 fully saturated rings. The van der Waals surface area contributed by atoms with Crippen LogP contribution in [0.1, 0.15) is 51.1 Å². The van der Waals surface area contributed by atoms with Crippen LogP contribution in [0.2, 0.25) is 0 Å². The Kier molecular flexibility index (Phi) is 5.88. The summed E-state index contributed by atoms with van der Waals surface area (Å²) in [6, 6.07) is 2.66. The van der Waals surface area contributed by atoms with Crippen molar-refractivity contribution in [2.45, 2.75) is 52.1 Å². The first-order valence-corrected chi connectivity index (χ1v) is 9.97. The first-order valence-electron chi connectivity index (χ1n) is 8.15. The maximum Gasteiger partial charge on any atom is 0.150 e. The van der Waals surface area contributed by atoms with E-state index in [0.29, 0.717) is 12.5 Å². The fraction of sp³-hybridized carbons (Fsp3) is 0.750. The van der Waals surface area contributed by atoms with Gasteiger partial charge in [0.15, 0.2) is 0 Å². The van der Waals surface area contributed by atoms with Crippen LogP contribution in [0.3, 0.4) is 0 Å². The summed E-state index contributed by atoms with van der Waals surface area (Å²) in [6.07, 6.45) is 8.75. The number of aryl methyl sites for hydroxylation is 1. The molecule has 21 heavy (non-hydrogen) atoms. The van der Waals surface area contributed by atoms with Crippen LogP contribution in [-0.2, 0) is 16.4 Å². The summed E-state index contributed by atoms with van der Waals surface area (Å²) in [5.41, 5.74) is 1.35. The maximum atomic E-state index is 11.5. The van der Waals surface area contributed by atoms with E-state index in [1.165, 1.54) is 18.4 Å². The first kappa shape index (κ1) is 16.6. The highest BCUT2D eigenvalue weighted by Gasteiger charge is 2.32. The first-order chi connectivity index (χ1) is 10.1. The number of hydrogen-bond acceptors (Lipinski definition) is 3. The molecule has 0 aliphatic heterocycles. The molecule has 4 nitrogen and oxygen atoms in total. The van der Waals surface area contributed by atoms with E-state index in [1.807, 2.05) is 0 Å². The zero-order valence-electron chi connectivity index (χ0n) is 13.2. The van der Waals surface area contributed by atoms with Crippen molar-refractivity contribution in [1.82, 2.24) is 9.88 Å². The molecule has 0 radical (unpaired) electrons. The third-order valence-electron chi connectivity index (χ3n) is 4.15. The van der Waals surface area contributed by atoms with Crippen molar-refractivity contribution in [2.24, 2.45) is 5.92 Å². The van der Waals surface area contributed by atoms with E-state index in [9.17, 15) is 8.42 Å². The molecular formula is C16H28N2O2S. The molecule has 0 saturated heterocycles. The van der Waals surface area contributed by atoms with Crippen molar-refractivity contribution in [3.8, 4) is 0 Å². The third kappa shape index (κ3) is 5.15. The Balaban J connectivity index is 1.87. The Morgan fingerprint density at radius 3 is 2.76 bits per heavy atom. The van der Waals surface area contributed by atoms with Gasteiger partial charge in [0.1, 0.15) is 9.84 Å². The third-order valence-corrected chi connectivity index (χ3v) is 5.94. The molecule has 0 amide bonds. The van der Waals surface area contributed by atoms with Gasteiger partial charge in [-0.25, -0.2) is 8.42 Å². The monoisotopic (exact) mass is 312 g/mol. The van der Waals surface area contributed by atoms with Crippen molar-refractivity contribution in [1.29, 1.82) is 0 Å². The minimum absolute atomic E-state index is 0.245. The van der Waals surface area contributed by atoms with Crippen LogP contribution in [0.25, 0.3) is 0 Å². The molecule has 0 spiro atoms. The zero-order valence-corrected chi connectivity index (χ0v) is 14.0. The standard InChI is InChI=1S/C16H28N2O2S/c1-3-9-17-16(14-6-7-14)15-8-11-18(13-15)10-5-12-21(19,20)4-2/h8,11,13-14,16-17H,3-7,9-10,12H2,1-2H3. The van der Waals surface area contributed by atoms with Gasteiger partial charge in [0.05, 0.1) is 5.75 Å². The number of hydrogen-bond donors (Lipinski definition) is 1. The van der Waals surface area contributed by atoms with Crippen LogP contribution in [0.15, 0.2) is 18.5 Å². The van der Waals surface area contributed by atoms with Gasteiger partial charge < -0.3 is 9.88 Å². The largest absolute Gasteiger partial charge is 0.354 e. The Morgan fingerprint density at radius 1 is 1.38 bits per heavy atom. The molecule has 1 aliphatic rings. The summed E-state index contributed by atoms with van der Waals surface area (Å²) in [7, 11) is -2.84. The summed E-state index contributed by atoms with van der Waals surface area (Å²) >= 11 is 0. The molecule has 1 saturated carbocycles. The Morgan fingerprint density at radius 2 is 2.14 bits per heavy atom. The quantitative estimate of drug-likeness (QED) is 0.723. The van der Waals surface area contributed by atoms with Gasteiger partial charge in [-0.3, -0.25) is 0 Å². The van der Waals surface area contributed by atoms with Crippen molar-refractivity contribution >= 4 is 9.84 Å². The molecule has 1 N–H and O–H groups in total. The second-order valence-corrected chi connectivity index (χ2v) is 8.51. The normalized spacial score (nSPS) is 17.0. The lowest BCUT2D eigenvalue weighted by Crippen LogP contribution is -2.23. The second kappa shape index (κ2) is 7.45. The fourth-order valence-electron chi connectivity index (χ4n) is 2.68. The number of rotatable bonds is 10. The molecule has 0 aromatic carbocycles. The van der Waals surface area contributed by atoms with E-state index in [-0.39, 0.29) is 11.5 Å². The molecule has 120 valence electrons. The van der Waals surface area contributed by atoms with Crippen LogP contribution in [0.5, 0.6) is 0 Å². The Hall–Kier alpha value is -0.810. The van der Waals surface area contributed by atoms with Crippen LogP contribution in [0, 0.1) is 5.92 Å². The van der Waals surface area contributed by atoms with E-state index < -0.39 is 9.84 Å². The molecule has 5 heteroatoms. The summed E-state index contributed by atoms with van der Waals surface area (Å²) in [5.74, 6) is 1.32. The minimum Gasteiger partial charge on any atom is -0.354 e. The van der Waals surface area contributed by atoms with Gasteiger partial charge in [-0.15, -0.1) is 0 Å². The molecule has 1 unspecified atom stereocenters. The van der Waals surface area contributed by atoms with Crippen molar-refractivity contribution in [3.05, 3.63) is 24.0 Å². The topological polar surface area (TPSA) is 51.1 Å². The van der Waals surface area contributed by atoms with Crippen LogP contribution < -0.4 is 5.32 Å². The molecule has 1 atom stereocenters. The predicted octanol–water partition coefficient (Wildman–Crippen LogP) is 2.76. The summed E-state index contributed by atoms with van der Waals surface area (Å²) in [5, 5.41) is 3.64. The van der Waals surface area contributed by atoms with Crippen molar-refractivity contribution in [2.75, 3.05) is 18.1 Å². The summed E-state index contributed by atoms with van der Waals surface area (Å²) < 4.78 is 25.1. The van der Waals surface area contributed by atoms with Crippen molar-refractivity contribution in [3.63, 3.8) is 0 Å². The number of nitrogens with zero attached hydrogens (tertiary/aromatic N) is 1. The molecule has 1 aromatic heterocycles. The second-order valence-electron chi connectivity index (χ2n) is 6.04. The highest BCUT2D eigenvalue weighted by molar-refractivity contribution is 7.91. The van der Waals surface area contributed by atoms with Crippen LogP contribution >= 0.6 is 0 Å². The van der Waals surface area contributed by atoms with Gasteiger partial charge in [-0.1, -0.05) is 13.8 Å². The SMILES string of the molecule is CCCNC(c1ccn(CCCS(=O)(=O)CC)c1)C1CC1. The lowest BCUT2D eigenvalue weighted by Gasteiger charge is -2.16. The molecule has 0 bridgehead atoms. The average molecular weight is 312 g/mol. The number of nitrogens with one attached hydrogen (secondary N) is 1. The smallest absolute Gasteiger partial charge is 0.150 e. The van der Waals surface area contributed by atoms with Gasteiger partial charge in [-0.2, -0.15) is 0 Å². The van der Waals surface area contributed by atoms with Gasteiger partial charge in [0, 0.05) is 30.7 Å². The molecule has 2 rings (SSSR count). The Labute approximate surface area is 128 Å². The minimum atomic E-state index is -2.84. The van der Waals surface area contributed by atoms with Crippen molar-refractivity contribution < 1.29 is 8.42 Å². The van der Waals surface area contributed by atoms with E-state index >= 15 is 0 Å². The number of aromatic nitrogens is 1. The van der Waals surface area contributed by atoms with Crippen LogP contribution in [0.4, 0.5) is 0 Å². The van der Waals surface area contributed by atoms with Gasteiger partial charge in [0.25, 0.3) is 0 Å². The molecular weight excluding hydrogens is 284 g/mol. The summed E-state index contributed by atoms with van der Waals surface area (Å²) in [4.78, 5) is 0. The number of sulfone groups is 1. The Bertz CT molecular complexity index is 532. The molecule has 1 aromatic rings. The van der Waals surface area contributed by atoms with Gasteiger partial charge >= 0.3 is 0 Å². The van der Waals surface area contributed by atoms with E-state index in [4.69, 9.17) is 0 Å². The zero-order chi connectivity index (χ0) is 15.3. The highest BCUT2D eigenvalue weighted by atomic mass is 32.2. The predicted molar refractivity (Wildman–Crippen MR) is 87.1 cm³/mol. The average Bonchev–Trinajstić information content (AvgIpc) is 3.19. The molecule has 1 aliphatic carbocycles. The fourth-order valence-corrected chi connectivity index (χ4v) is 3.54. The van der Waals surface area contributed by atoms with Gasteiger partial charge in [-0.05, 0) is 49.8 Å².